The number of ketones is 1. The molecule has 2 rings (SSSR count). The summed E-state index contributed by atoms with van der Waals surface area (Å²) >= 11 is 6.13. The summed E-state index contributed by atoms with van der Waals surface area (Å²) in [5.41, 5.74) is 2.60. The molecule has 0 saturated heterocycles. The van der Waals surface area contributed by atoms with Crippen molar-refractivity contribution < 1.29 is 4.79 Å². The SMILES string of the molecule is Cc1nn(C)c(Cl)c1CCC(=O)c1ccccc1. The molecule has 1 aromatic heterocycles. The van der Waals surface area contributed by atoms with Crippen molar-refractivity contribution in [2.24, 2.45) is 7.05 Å². The van der Waals surface area contributed by atoms with E-state index in [9.17, 15) is 4.79 Å². The fourth-order valence-electron chi connectivity index (χ4n) is 1.96. The first-order valence-electron chi connectivity index (χ1n) is 5.86. The number of hydrogen-bond donors (Lipinski definition) is 0. The van der Waals surface area contributed by atoms with Crippen molar-refractivity contribution in [1.29, 1.82) is 0 Å². The lowest BCUT2D eigenvalue weighted by Crippen LogP contribution is -2.01. The van der Waals surface area contributed by atoms with Gasteiger partial charge in [0.1, 0.15) is 5.15 Å². The molecule has 0 fully saturated rings. The molecule has 0 aliphatic rings. The van der Waals surface area contributed by atoms with E-state index in [0.29, 0.717) is 18.0 Å². The normalized spacial score (nSPS) is 10.6. The third-order valence-electron chi connectivity index (χ3n) is 2.97. The van der Waals surface area contributed by atoms with Gasteiger partial charge in [0.2, 0.25) is 0 Å². The van der Waals surface area contributed by atoms with Crippen LogP contribution < -0.4 is 0 Å². The minimum atomic E-state index is 0.134. The number of halogens is 1. The van der Waals surface area contributed by atoms with Crippen LogP contribution in [0, 0.1) is 6.92 Å². The van der Waals surface area contributed by atoms with E-state index >= 15 is 0 Å². The highest BCUT2D eigenvalue weighted by Gasteiger charge is 2.13. The molecule has 0 saturated carbocycles. The number of carbonyl (C=O) groups is 1. The second kappa shape index (κ2) is 5.36. The molecule has 2 aromatic rings. The van der Waals surface area contributed by atoms with Crippen LogP contribution >= 0.6 is 11.6 Å². The molecule has 0 atom stereocenters. The van der Waals surface area contributed by atoms with E-state index in [2.05, 4.69) is 5.10 Å². The summed E-state index contributed by atoms with van der Waals surface area (Å²) in [5.74, 6) is 0.134. The molecule has 0 radical (unpaired) electrons. The van der Waals surface area contributed by atoms with Gasteiger partial charge in [0, 0.05) is 24.6 Å². The van der Waals surface area contributed by atoms with Gasteiger partial charge in [-0.05, 0) is 13.3 Å². The van der Waals surface area contributed by atoms with Gasteiger partial charge in [-0.25, -0.2) is 0 Å². The molecule has 4 heteroatoms. The van der Waals surface area contributed by atoms with Crippen molar-refractivity contribution in [1.82, 2.24) is 9.78 Å². The molecular formula is C14H15ClN2O. The predicted octanol–water partition coefficient (Wildman–Crippen LogP) is 3.20. The summed E-state index contributed by atoms with van der Waals surface area (Å²) < 4.78 is 1.64. The lowest BCUT2D eigenvalue weighted by molar-refractivity contribution is 0.0983. The lowest BCUT2D eigenvalue weighted by Gasteiger charge is -2.01. The smallest absolute Gasteiger partial charge is 0.163 e. The number of hydrogen-bond acceptors (Lipinski definition) is 2. The second-order valence-electron chi connectivity index (χ2n) is 4.27. The first kappa shape index (κ1) is 12.8. The Morgan fingerprint density at radius 3 is 2.56 bits per heavy atom. The van der Waals surface area contributed by atoms with Gasteiger partial charge in [0.15, 0.2) is 5.78 Å². The Balaban J connectivity index is 2.06. The van der Waals surface area contributed by atoms with E-state index in [1.807, 2.05) is 37.3 Å². The largest absolute Gasteiger partial charge is 0.294 e. The fourth-order valence-corrected chi connectivity index (χ4v) is 2.23. The zero-order chi connectivity index (χ0) is 13.1. The van der Waals surface area contributed by atoms with Crippen LogP contribution in [0.1, 0.15) is 28.0 Å². The molecule has 1 heterocycles. The number of aryl methyl sites for hydroxylation is 2. The van der Waals surface area contributed by atoms with Crippen LogP contribution in [-0.4, -0.2) is 15.6 Å². The molecule has 1 aromatic carbocycles. The van der Waals surface area contributed by atoms with Crippen molar-refractivity contribution in [3.63, 3.8) is 0 Å². The van der Waals surface area contributed by atoms with Gasteiger partial charge in [0.25, 0.3) is 0 Å². The van der Waals surface area contributed by atoms with Crippen molar-refractivity contribution in [3.05, 3.63) is 52.3 Å². The molecular weight excluding hydrogens is 248 g/mol. The van der Waals surface area contributed by atoms with Gasteiger partial charge >= 0.3 is 0 Å². The van der Waals surface area contributed by atoms with Crippen LogP contribution in [0.3, 0.4) is 0 Å². The van der Waals surface area contributed by atoms with Crippen molar-refractivity contribution in [2.45, 2.75) is 19.8 Å². The molecule has 0 N–H and O–H groups in total. The van der Waals surface area contributed by atoms with Gasteiger partial charge in [-0.3, -0.25) is 9.48 Å². The molecule has 0 amide bonds. The van der Waals surface area contributed by atoms with Crippen molar-refractivity contribution in [3.8, 4) is 0 Å². The summed E-state index contributed by atoms with van der Waals surface area (Å²) in [6.45, 7) is 1.91. The predicted molar refractivity (Wildman–Crippen MR) is 72.0 cm³/mol. The van der Waals surface area contributed by atoms with Crippen molar-refractivity contribution in [2.75, 3.05) is 0 Å². The Bertz CT molecular complexity index is 561. The summed E-state index contributed by atoms with van der Waals surface area (Å²) in [6.07, 6.45) is 1.09. The highest BCUT2D eigenvalue weighted by molar-refractivity contribution is 6.30. The van der Waals surface area contributed by atoms with E-state index in [1.165, 1.54) is 0 Å². The average molecular weight is 263 g/mol. The van der Waals surface area contributed by atoms with Gasteiger partial charge < -0.3 is 0 Å². The van der Waals surface area contributed by atoms with E-state index in [0.717, 1.165) is 16.8 Å². The van der Waals surface area contributed by atoms with Gasteiger partial charge in [-0.15, -0.1) is 0 Å². The summed E-state index contributed by atoms with van der Waals surface area (Å²) in [5, 5.41) is 4.85. The molecule has 0 spiro atoms. The number of aromatic nitrogens is 2. The standard InChI is InChI=1S/C14H15ClN2O/c1-10-12(14(15)17(2)16-10)8-9-13(18)11-6-4-3-5-7-11/h3-7H,8-9H2,1-2H3. The van der Waals surface area contributed by atoms with Gasteiger partial charge in [-0.1, -0.05) is 41.9 Å². The molecule has 3 nitrogen and oxygen atoms in total. The Labute approximate surface area is 111 Å². The zero-order valence-corrected chi connectivity index (χ0v) is 11.2. The maximum Gasteiger partial charge on any atom is 0.163 e. The Morgan fingerprint density at radius 1 is 1.33 bits per heavy atom. The highest BCUT2D eigenvalue weighted by Crippen LogP contribution is 2.20. The van der Waals surface area contributed by atoms with Gasteiger partial charge in [-0.2, -0.15) is 5.10 Å². The van der Waals surface area contributed by atoms with Crippen LogP contribution in [0.2, 0.25) is 5.15 Å². The highest BCUT2D eigenvalue weighted by atomic mass is 35.5. The maximum atomic E-state index is 12.0. The van der Waals surface area contributed by atoms with Crippen LogP contribution in [0.5, 0.6) is 0 Å². The molecule has 0 aliphatic heterocycles. The first-order chi connectivity index (χ1) is 8.59. The van der Waals surface area contributed by atoms with Gasteiger partial charge in [0.05, 0.1) is 5.69 Å². The van der Waals surface area contributed by atoms with E-state index in [1.54, 1.807) is 11.7 Å². The van der Waals surface area contributed by atoms with Crippen LogP contribution in [-0.2, 0) is 13.5 Å². The molecule has 0 bridgehead atoms. The monoisotopic (exact) mass is 262 g/mol. The van der Waals surface area contributed by atoms with Crippen molar-refractivity contribution >= 4 is 17.4 Å². The number of rotatable bonds is 4. The number of nitrogens with zero attached hydrogens (tertiary/aromatic N) is 2. The first-order valence-corrected chi connectivity index (χ1v) is 6.23. The van der Waals surface area contributed by atoms with Crippen LogP contribution in [0.25, 0.3) is 0 Å². The second-order valence-corrected chi connectivity index (χ2v) is 4.63. The summed E-state index contributed by atoms with van der Waals surface area (Å²) in [4.78, 5) is 12.0. The molecule has 0 aliphatic carbocycles. The summed E-state index contributed by atoms with van der Waals surface area (Å²) in [6, 6.07) is 9.31. The minimum Gasteiger partial charge on any atom is -0.294 e. The number of carbonyl (C=O) groups excluding carboxylic acids is 1. The topological polar surface area (TPSA) is 34.9 Å². The molecule has 0 unspecified atom stereocenters. The third-order valence-corrected chi connectivity index (χ3v) is 3.44. The van der Waals surface area contributed by atoms with E-state index in [-0.39, 0.29) is 5.78 Å². The van der Waals surface area contributed by atoms with E-state index in [4.69, 9.17) is 11.6 Å². The molecule has 18 heavy (non-hydrogen) atoms. The molecule has 94 valence electrons. The zero-order valence-electron chi connectivity index (χ0n) is 10.5. The van der Waals surface area contributed by atoms with Crippen LogP contribution in [0.4, 0.5) is 0 Å². The lowest BCUT2D eigenvalue weighted by atomic mass is 10.0. The Morgan fingerprint density at radius 2 is 2.00 bits per heavy atom. The summed E-state index contributed by atoms with van der Waals surface area (Å²) in [7, 11) is 1.80. The quantitative estimate of drug-likeness (QED) is 0.793. The maximum absolute atomic E-state index is 12.0. The average Bonchev–Trinajstić information content (AvgIpc) is 2.62. The fraction of sp³-hybridized carbons (Fsp3) is 0.286. The van der Waals surface area contributed by atoms with Crippen LogP contribution in [0.15, 0.2) is 30.3 Å². The Hall–Kier alpha value is -1.61. The number of Topliss-reactive ketones (excluding diaryl/α,β-unsaturated/α-hetero) is 1. The number of benzene rings is 1. The Kier molecular flexibility index (Phi) is 3.82. The van der Waals surface area contributed by atoms with E-state index < -0.39 is 0 Å². The third kappa shape index (κ3) is 2.62. The minimum absolute atomic E-state index is 0.134.